The Morgan fingerprint density at radius 1 is 1.11 bits per heavy atom. The van der Waals surface area contributed by atoms with Gasteiger partial charge in [0, 0.05) is 24.8 Å². The van der Waals surface area contributed by atoms with E-state index in [4.69, 9.17) is 5.14 Å². The number of carbonyl (C=O) groups excluding carboxylic acids is 1. The highest BCUT2D eigenvalue weighted by atomic mass is 32.2. The molecule has 4 N–H and O–H groups in total. The van der Waals surface area contributed by atoms with Crippen molar-refractivity contribution in [2.24, 2.45) is 5.14 Å². The number of amides is 1. The highest BCUT2D eigenvalue weighted by Gasteiger charge is 2.08. The quantitative estimate of drug-likeness (QED) is 0.539. The Hall–Kier alpha value is -2.45. The predicted octanol–water partition coefficient (Wildman–Crippen LogP) is 2.30. The van der Waals surface area contributed by atoms with E-state index in [9.17, 15) is 13.2 Å². The fourth-order valence-electron chi connectivity index (χ4n) is 2.53. The number of nitrogens with two attached hydrogens (primary N) is 1. The average molecular weight is 391 g/mol. The van der Waals surface area contributed by atoms with Gasteiger partial charge in [-0.2, -0.15) is 0 Å². The lowest BCUT2D eigenvalue weighted by molar-refractivity contribution is 0.0954. The van der Waals surface area contributed by atoms with E-state index in [1.807, 2.05) is 0 Å². The zero-order chi connectivity index (χ0) is 19.7. The molecule has 0 saturated heterocycles. The van der Waals surface area contributed by atoms with E-state index in [1.165, 1.54) is 12.1 Å². The maximum atomic E-state index is 12.3. The molecule has 8 heteroatoms. The minimum atomic E-state index is -3.69. The Balaban J connectivity index is 1.83. The molecule has 0 saturated carbocycles. The number of hydrogen-bond acceptors (Lipinski definition) is 5. The number of sulfonamides is 1. The van der Waals surface area contributed by atoms with Crippen molar-refractivity contribution in [3.63, 3.8) is 0 Å². The first-order chi connectivity index (χ1) is 12.9. The minimum absolute atomic E-state index is 0.0750. The third-order valence-electron chi connectivity index (χ3n) is 4.06. The lowest BCUT2D eigenvalue weighted by atomic mass is 10.1. The van der Waals surface area contributed by atoms with Crippen LogP contribution in [0.15, 0.2) is 47.5 Å². The molecule has 2 rings (SSSR count). The maximum Gasteiger partial charge on any atom is 0.251 e. The van der Waals surface area contributed by atoms with Gasteiger partial charge in [0.25, 0.3) is 5.91 Å². The first-order valence-electron chi connectivity index (χ1n) is 9.00. The van der Waals surface area contributed by atoms with Gasteiger partial charge in [-0.1, -0.05) is 31.9 Å². The molecular weight excluding hydrogens is 364 g/mol. The molecule has 0 aliphatic rings. The summed E-state index contributed by atoms with van der Waals surface area (Å²) in [5.74, 6) is 0.521. The first kappa shape index (κ1) is 20.9. The second-order valence-corrected chi connectivity index (χ2v) is 7.82. The van der Waals surface area contributed by atoms with Crippen LogP contribution in [0.5, 0.6) is 0 Å². The predicted molar refractivity (Wildman–Crippen MR) is 106 cm³/mol. The number of hydrogen-bond donors (Lipinski definition) is 3. The van der Waals surface area contributed by atoms with E-state index in [2.05, 4.69) is 22.5 Å². The molecule has 0 unspecified atom stereocenters. The summed E-state index contributed by atoms with van der Waals surface area (Å²) in [5, 5.41) is 11.2. The van der Waals surface area contributed by atoms with Gasteiger partial charge in [-0.05, 0) is 42.7 Å². The second-order valence-electron chi connectivity index (χ2n) is 6.26. The van der Waals surface area contributed by atoms with E-state index in [-0.39, 0.29) is 10.8 Å². The molecule has 2 aromatic rings. The number of nitrogens with one attached hydrogen (secondary N) is 2. The summed E-state index contributed by atoms with van der Waals surface area (Å²) in [6.07, 6.45) is 5.58. The fraction of sp³-hybridized carbons (Fsp3) is 0.368. The molecule has 0 aliphatic heterocycles. The zero-order valence-electron chi connectivity index (χ0n) is 15.4. The largest absolute Gasteiger partial charge is 0.370 e. The monoisotopic (exact) mass is 390 g/mol. The van der Waals surface area contributed by atoms with Crippen molar-refractivity contribution in [2.75, 3.05) is 18.4 Å². The molecule has 1 aromatic carbocycles. The van der Waals surface area contributed by atoms with Crippen molar-refractivity contribution >= 4 is 21.7 Å². The van der Waals surface area contributed by atoms with Gasteiger partial charge in [0.2, 0.25) is 10.0 Å². The number of benzene rings is 1. The Morgan fingerprint density at radius 2 is 1.85 bits per heavy atom. The number of nitrogens with zero attached hydrogens (tertiary/aromatic N) is 1. The molecule has 7 nitrogen and oxygen atoms in total. The topological polar surface area (TPSA) is 114 Å². The Labute approximate surface area is 160 Å². The van der Waals surface area contributed by atoms with E-state index in [0.29, 0.717) is 24.3 Å². The van der Waals surface area contributed by atoms with Gasteiger partial charge in [-0.25, -0.2) is 18.5 Å². The van der Waals surface area contributed by atoms with Crippen LogP contribution in [0.3, 0.4) is 0 Å². The van der Waals surface area contributed by atoms with Gasteiger partial charge in [0.05, 0.1) is 4.90 Å². The van der Waals surface area contributed by atoms with E-state index in [1.54, 1.807) is 30.5 Å². The van der Waals surface area contributed by atoms with Crippen molar-refractivity contribution in [1.82, 2.24) is 10.3 Å². The lowest BCUT2D eigenvalue weighted by Gasteiger charge is -2.08. The van der Waals surface area contributed by atoms with Crippen molar-refractivity contribution in [3.8, 4) is 0 Å². The van der Waals surface area contributed by atoms with Crippen LogP contribution >= 0.6 is 0 Å². The van der Waals surface area contributed by atoms with Crippen molar-refractivity contribution in [1.29, 1.82) is 0 Å². The van der Waals surface area contributed by atoms with Crippen LogP contribution < -0.4 is 15.8 Å². The number of aromatic nitrogens is 1. The summed E-state index contributed by atoms with van der Waals surface area (Å²) in [7, 11) is -3.69. The smallest absolute Gasteiger partial charge is 0.251 e. The minimum Gasteiger partial charge on any atom is -0.370 e. The number of carbonyl (C=O) groups is 1. The van der Waals surface area contributed by atoms with Crippen molar-refractivity contribution < 1.29 is 13.2 Å². The van der Waals surface area contributed by atoms with Gasteiger partial charge in [-0.3, -0.25) is 4.79 Å². The summed E-state index contributed by atoms with van der Waals surface area (Å²) >= 11 is 0. The molecule has 27 heavy (non-hydrogen) atoms. The van der Waals surface area contributed by atoms with Crippen LogP contribution in [-0.4, -0.2) is 32.4 Å². The molecule has 146 valence electrons. The van der Waals surface area contributed by atoms with Crippen LogP contribution in [0, 0.1) is 0 Å². The van der Waals surface area contributed by atoms with Gasteiger partial charge >= 0.3 is 0 Å². The third-order valence-corrected chi connectivity index (χ3v) is 4.99. The van der Waals surface area contributed by atoms with Crippen molar-refractivity contribution in [3.05, 3.63) is 53.7 Å². The highest BCUT2D eigenvalue weighted by Crippen LogP contribution is 2.10. The number of pyridine rings is 1. The number of rotatable bonds is 10. The van der Waals surface area contributed by atoms with Crippen molar-refractivity contribution in [2.45, 2.75) is 37.5 Å². The van der Waals surface area contributed by atoms with Crippen LogP contribution in [0.4, 0.5) is 5.82 Å². The molecule has 1 heterocycles. The van der Waals surface area contributed by atoms with Crippen LogP contribution in [0.1, 0.15) is 42.1 Å². The van der Waals surface area contributed by atoms with Crippen LogP contribution in [-0.2, 0) is 16.4 Å². The summed E-state index contributed by atoms with van der Waals surface area (Å²) < 4.78 is 22.5. The van der Waals surface area contributed by atoms with Crippen LogP contribution in [0.25, 0.3) is 0 Å². The van der Waals surface area contributed by atoms with E-state index >= 15 is 0 Å². The Bertz CT molecular complexity index is 852. The van der Waals surface area contributed by atoms with Gasteiger partial charge in [0.1, 0.15) is 5.82 Å². The first-order valence-corrected chi connectivity index (χ1v) is 10.5. The number of unbranched alkanes of at least 4 members (excludes halogenated alkanes) is 2. The molecule has 0 atom stereocenters. The van der Waals surface area contributed by atoms with Gasteiger partial charge in [0.15, 0.2) is 0 Å². The lowest BCUT2D eigenvalue weighted by Crippen LogP contribution is -2.25. The average Bonchev–Trinajstić information content (AvgIpc) is 2.65. The van der Waals surface area contributed by atoms with Gasteiger partial charge in [-0.15, -0.1) is 0 Å². The molecule has 0 aliphatic carbocycles. The number of anilines is 1. The Morgan fingerprint density at radius 3 is 2.52 bits per heavy atom. The fourth-order valence-corrected chi connectivity index (χ4v) is 3.04. The standard InChI is InChI=1S/C19H26N4O3S/c1-2-3-4-11-21-18-14-16(10-13-22-18)19(24)23-12-9-15-5-7-17(8-6-15)27(20,25)26/h5-8,10,13-14H,2-4,9,11-12H2,1H3,(H,21,22)(H,23,24)(H2,20,25,26). The summed E-state index contributed by atoms with van der Waals surface area (Å²) in [4.78, 5) is 16.6. The molecule has 0 bridgehead atoms. The summed E-state index contributed by atoms with van der Waals surface area (Å²) in [5.41, 5.74) is 1.46. The van der Waals surface area contributed by atoms with E-state index in [0.717, 1.165) is 31.4 Å². The van der Waals surface area contributed by atoms with Gasteiger partial charge < -0.3 is 10.6 Å². The molecule has 0 spiro atoms. The molecule has 1 amide bonds. The normalized spacial score (nSPS) is 11.2. The maximum absolute atomic E-state index is 12.3. The number of primary sulfonamides is 1. The summed E-state index contributed by atoms with van der Waals surface area (Å²) in [6.45, 7) is 3.42. The summed E-state index contributed by atoms with van der Waals surface area (Å²) in [6, 6.07) is 9.72. The molecule has 0 fully saturated rings. The molecular formula is C19H26N4O3S. The second kappa shape index (κ2) is 10.0. The third kappa shape index (κ3) is 6.99. The molecule has 0 radical (unpaired) electrons. The molecule has 1 aromatic heterocycles. The Kier molecular flexibility index (Phi) is 7.75. The highest BCUT2D eigenvalue weighted by molar-refractivity contribution is 7.89. The zero-order valence-corrected chi connectivity index (χ0v) is 16.3. The van der Waals surface area contributed by atoms with Crippen LogP contribution in [0.2, 0.25) is 0 Å². The van der Waals surface area contributed by atoms with E-state index < -0.39 is 10.0 Å². The SMILES string of the molecule is CCCCCNc1cc(C(=O)NCCc2ccc(S(N)(=O)=O)cc2)ccn1.